The molecule has 1 fully saturated rings. The van der Waals surface area contributed by atoms with Gasteiger partial charge in [0.1, 0.15) is 5.75 Å². The molecule has 2 heterocycles. The molecule has 0 spiro atoms. The molecule has 2 aromatic rings. The highest BCUT2D eigenvalue weighted by molar-refractivity contribution is 6.02. The Kier molecular flexibility index (Phi) is 6.87. The average Bonchev–Trinajstić information content (AvgIpc) is 3.01. The number of esters is 1. The van der Waals surface area contributed by atoms with E-state index in [4.69, 9.17) is 14.2 Å². The molecule has 1 aliphatic heterocycles. The molecule has 31 heavy (non-hydrogen) atoms. The zero-order valence-corrected chi connectivity index (χ0v) is 17.6. The van der Waals surface area contributed by atoms with Crippen LogP contribution in [0.5, 0.6) is 5.75 Å². The number of hydrogen-bond acceptors (Lipinski definition) is 6. The summed E-state index contributed by atoms with van der Waals surface area (Å²) in [6.07, 6.45) is 11.6. The topological polar surface area (TPSA) is 86.8 Å². The van der Waals surface area contributed by atoms with E-state index in [1.165, 1.54) is 6.20 Å². The molecular weight excluding hydrogens is 396 g/mol. The van der Waals surface area contributed by atoms with Crippen LogP contribution in [0.25, 0.3) is 6.08 Å². The summed E-state index contributed by atoms with van der Waals surface area (Å²) < 4.78 is 15.5. The fraction of sp³-hybridized carbons (Fsp3) is 0.208. The maximum atomic E-state index is 12.7. The summed E-state index contributed by atoms with van der Waals surface area (Å²) in [5, 5.41) is 2.99. The average molecular weight is 422 g/mol. The van der Waals surface area contributed by atoms with Gasteiger partial charge in [0.15, 0.2) is 0 Å². The van der Waals surface area contributed by atoms with Crippen molar-refractivity contribution >= 4 is 18.0 Å². The van der Waals surface area contributed by atoms with Gasteiger partial charge in [-0.1, -0.05) is 12.1 Å². The molecule has 3 rings (SSSR count). The highest BCUT2D eigenvalue weighted by Crippen LogP contribution is 2.35. The Morgan fingerprint density at radius 1 is 1.16 bits per heavy atom. The van der Waals surface area contributed by atoms with E-state index in [1.54, 1.807) is 81.5 Å². The standard InChI is InChI=1S/C24H24N2O5.H2/c1-24(11-14-30-3)21(10-13-29-2)20(22(27)26-24)15-17-6-8-19(9-7-17)31-23(28)18-5-4-12-25-16-18;/h4-16,21H,1-3H3,(H,26,27);1H/b13-10+,14-11+,20-15+;. The minimum Gasteiger partial charge on any atom is -0.505 e. The number of carbonyl (C=O) groups is 2. The van der Waals surface area contributed by atoms with Gasteiger partial charge in [0, 0.05) is 25.3 Å². The second kappa shape index (κ2) is 9.75. The van der Waals surface area contributed by atoms with Gasteiger partial charge in [0.25, 0.3) is 0 Å². The predicted molar refractivity (Wildman–Crippen MR) is 118 cm³/mol. The number of carbonyl (C=O) groups excluding carboxylic acids is 2. The van der Waals surface area contributed by atoms with Crippen molar-refractivity contribution in [3.8, 4) is 5.75 Å². The lowest BCUT2D eigenvalue weighted by Gasteiger charge is -2.25. The number of benzene rings is 1. The Labute approximate surface area is 182 Å². The molecule has 1 aromatic heterocycles. The molecule has 0 saturated carbocycles. The van der Waals surface area contributed by atoms with E-state index < -0.39 is 11.5 Å². The number of aromatic nitrogens is 1. The maximum Gasteiger partial charge on any atom is 0.345 e. The summed E-state index contributed by atoms with van der Waals surface area (Å²) in [5.41, 5.74) is 1.08. The van der Waals surface area contributed by atoms with Crippen molar-refractivity contribution in [2.24, 2.45) is 5.92 Å². The Morgan fingerprint density at radius 3 is 2.55 bits per heavy atom. The van der Waals surface area contributed by atoms with Crippen LogP contribution in [0, 0.1) is 5.92 Å². The van der Waals surface area contributed by atoms with E-state index in [0.717, 1.165) is 5.56 Å². The van der Waals surface area contributed by atoms with Crippen molar-refractivity contribution in [2.75, 3.05) is 14.2 Å². The summed E-state index contributed by atoms with van der Waals surface area (Å²) >= 11 is 0. The molecule has 0 bridgehead atoms. The van der Waals surface area contributed by atoms with Crippen LogP contribution in [0.4, 0.5) is 0 Å². The molecule has 7 nitrogen and oxygen atoms in total. The van der Waals surface area contributed by atoms with Gasteiger partial charge in [0.2, 0.25) is 5.91 Å². The van der Waals surface area contributed by atoms with Crippen molar-refractivity contribution in [1.82, 2.24) is 10.3 Å². The number of pyridine rings is 1. The largest absolute Gasteiger partial charge is 0.505 e. The van der Waals surface area contributed by atoms with Crippen LogP contribution >= 0.6 is 0 Å². The Hall–Kier alpha value is -3.87. The summed E-state index contributed by atoms with van der Waals surface area (Å²) in [6, 6.07) is 10.2. The lowest BCUT2D eigenvalue weighted by Crippen LogP contribution is -2.40. The summed E-state index contributed by atoms with van der Waals surface area (Å²) in [4.78, 5) is 28.8. The molecule has 1 aliphatic rings. The van der Waals surface area contributed by atoms with Crippen LogP contribution in [0.1, 0.15) is 24.3 Å². The Morgan fingerprint density at radius 2 is 1.90 bits per heavy atom. The molecule has 2 atom stereocenters. The zero-order chi connectivity index (χ0) is 22.3. The van der Waals surface area contributed by atoms with Crippen LogP contribution in [0.15, 0.2) is 79.0 Å². The van der Waals surface area contributed by atoms with Crippen molar-refractivity contribution in [1.29, 1.82) is 0 Å². The van der Waals surface area contributed by atoms with Gasteiger partial charge >= 0.3 is 5.97 Å². The predicted octanol–water partition coefficient (Wildman–Crippen LogP) is 3.76. The summed E-state index contributed by atoms with van der Waals surface area (Å²) in [5.74, 6) is -0.536. The van der Waals surface area contributed by atoms with E-state index in [9.17, 15) is 9.59 Å². The van der Waals surface area contributed by atoms with Gasteiger partial charge in [-0.25, -0.2) is 4.79 Å². The lowest BCUT2D eigenvalue weighted by atomic mass is 9.84. The van der Waals surface area contributed by atoms with Gasteiger partial charge in [0.05, 0.1) is 37.8 Å². The van der Waals surface area contributed by atoms with E-state index in [0.29, 0.717) is 16.9 Å². The van der Waals surface area contributed by atoms with Gasteiger partial charge < -0.3 is 19.5 Å². The third-order valence-corrected chi connectivity index (χ3v) is 4.89. The Bertz CT molecular complexity index is 1020. The molecule has 1 saturated heterocycles. The number of rotatable bonds is 7. The number of nitrogens with one attached hydrogen (secondary N) is 1. The van der Waals surface area contributed by atoms with Gasteiger partial charge in [-0.2, -0.15) is 0 Å². The highest BCUT2D eigenvalue weighted by Gasteiger charge is 2.43. The SMILES string of the molecule is CO/C=C/C1/C(=C\c2ccc(OC(=O)c3cccnc3)cc2)C(=O)NC1(C)/C=C/OC.[HH]. The summed E-state index contributed by atoms with van der Waals surface area (Å²) in [7, 11) is 3.11. The first-order valence-corrected chi connectivity index (χ1v) is 9.63. The molecular formula is C24H26N2O5. The zero-order valence-electron chi connectivity index (χ0n) is 17.6. The molecule has 7 heteroatoms. The van der Waals surface area contributed by atoms with Crippen LogP contribution < -0.4 is 10.1 Å². The molecule has 1 aromatic carbocycles. The third-order valence-electron chi connectivity index (χ3n) is 4.89. The van der Waals surface area contributed by atoms with E-state index in [1.807, 2.05) is 13.0 Å². The van der Waals surface area contributed by atoms with Crippen molar-refractivity contribution < 1.29 is 25.2 Å². The molecule has 0 radical (unpaired) electrons. The van der Waals surface area contributed by atoms with Crippen LogP contribution in [0.2, 0.25) is 0 Å². The molecule has 1 N–H and O–H groups in total. The summed E-state index contributed by atoms with van der Waals surface area (Å²) in [6.45, 7) is 1.91. The Balaban J connectivity index is 0.00000363. The normalized spacial score (nSPS) is 22.1. The number of amides is 1. The fourth-order valence-electron chi connectivity index (χ4n) is 3.29. The molecule has 1 amide bonds. The molecule has 162 valence electrons. The van der Waals surface area contributed by atoms with E-state index in [2.05, 4.69) is 10.3 Å². The van der Waals surface area contributed by atoms with Crippen molar-refractivity contribution in [3.05, 3.63) is 90.2 Å². The monoisotopic (exact) mass is 422 g/mol. The van der Waals surface area contributed by atoms with Crippen LogP contribution in [0.3, 0.4) is 0 Å². The van der Waals surface area contributed by atoms with E-state index >= 15 is 0 Å². The smallest absolute Gasteiger partial charge is 0.345 e. The van der Waals surface area contributed by atoms with Crippen molar-refractivity contribution in [2.45, 2.75) is 12.5 Å². The van der Waals surface area contributed by atoms with Gasteiger partial charge in [-0.15, -0.1) is 0 Å². The third kappa shape index (κ3) is 5.19. The molecule has 0 aliphatic carbocycles. The maximum absolute atomic E-state index is 12.7. The molecule has 2 unspecified atom stereocenters. The van der Waals surface area contributed by atoms with E-state index in [-0.39, 0.29) is 13.3 Å². The number of methoxy groups -OCH3 is 2. The minimum absolute atomic E-state index is 0. The number of ether oxygens (including phenoxy) is 3. The number of nitrogens with zero attached hydrogens (tertiary/aromatic N) is 1. The first-order valence-electron chi connectivity index (χ1n) is 9.63. The minimum atomic E-state index is -0.660. The first-order chi connectivity index (χ1) is 15.0. The second-order valence-corrected chi connectivity index (χ2v) is 7.12. The lowest BCUT2D eigenvalue weighted by molar-refractivity contribution is -0.116. The van der Waals surface area contributed by atoms with Gasteiger partial charge in [-0.3, -0.25) is 9.78 Å². The fourth-order valence-corrected chi connectivity index (χ4v) is 3.29. The van der Waals surface area contributed by atoms with Gasteiger partial charge in [-0.05, 0) is 55.0 Å². The second-order valence-electron chi connectivity index (χ2n) is 7.12. The van der Waals surface area contributed by atoms with Crippen LogP contribution in [-0.4, -0.2) is 36.6 Å². The van der Waals surface area contributed by atoms with Crippen LogP contribution in [-0.2, 0) is 14.3 Å². The quantitative estimate of drug-likeness (QED) is 0.316. The first kappa shape index (κ1) is 21.8. The van der Waals surface area contributed by atoms with Crippen molar-refractivity contribution in [3.63, 3.8) is 0 Å². The number of hydrogen-bond donors (Lipinski definition) is 1. The highest BCUT2D eigenvalue weighted by atomic mass is 16.5.